The van der Waals surface area contributed by atoms with Crippen LogP contribution < -0.4 is 4.72 Å². The van der Waals surface area contributed by atoms with E-state index in [1.807, 2.05) is 0 Å². The zero-order valence-corrected chi connectivity index (χ0v) is 14.6. The van der Waals surface area contributed by atoms with Gasteiger partial charge in [0.05, 0.1) is 11.9 Å². The van der Waals surface area contributed by atoms with Gasteiger partial charge in [-0.25, -0.2) is 13.1 Å². The Kier molecular flexibility index (Phi) is 4.10. The predicted molar refractivity (Wildman–Crippen MR) is 91.2 cm³/mol. The van der Waals surface area contributed by atoms with Crippen molar-refractivity contribution in [2.24, 2.45) is 14.1 Å². The van der Waals surface area contributed by atoms with Gasteiger partial charge in [0.1, 0.15) is 5.69 Å². The lowest BCUT2D eigenvalue weighted by atomic mass is 10.2. The average Bonchev–Trinajstić information content (AvgIpc) is 3.01. The number of rotatable bonds is 4. The molecule has 0 aliphatic rings. The number of hydrogen-bond acceptors (Lipinski definition) is 4. The van der Waals surface area contributed by atoms with E-state index < -0.39 is 15.9 Å². The quantitative estimate of drug-likeness (QED) is 0.763. The molecule has 0 aliphatic carbocycles. The van der Waals surface area contributed by atoms with E-state index in [2.05, 4.69) is 9.82 Å². The third-order valence-corrected chi connectivity index (χ3v) is 5.05. The highest BCUT2D eigenvalue weighted by Gasteiger charge is 2.20. The number of nitrogens with one attached hydrogen (secondary N) is 1. The first-order chi connectivity index (χ1) is 11.2. The van der Waals surface area contributed by atoms with Gasteiger partial charge in [-0.1, -0.05) is 11.6 Å². The second-order valence-electron chi connectivity index (χ2n) is 5.50. The molecular formula is C15H15ClN4O3S. The van der Waals surface area contributed by atoms with Crippen molar-refractivity contribution in [2.45, 2.75) is 5.75 Å². The molecule has 0 spiro atoms. The van der Waals surface area contributed by atoms with E-state index >= 15 is 0 Å². The summed E-state index contributed by atoms with van der Waals surface area (Å²) in [6, 6.07) is 6.82. The standard InChI is InChI=1S/C15H15ClN4O3S/c1-19-8-10(7-17-19)9-24(22,23)18-15(21)14-6-11-5-12(16)3-4-13(11)20(14)2/h3-8H,9H2,1-2H3,(H,18,21). The Morgan fingerprint density at radius 1 is 1.29 bits per heavy atom. The van der Waals surface area contributed by atoms with E-state index in [0.717, 1.165) is 10.9 Å². The highest BCUT2D eigenvalue weighted by Crippen LogP contribution is 2.22. The molecule has 2 aromatic heterocycles. The summed E-state index contributed by atoms with van der Waals surface area (Å²) < 4.78 is 29.6. The monoisotopic (exact) mass is 366 g/mol. The summed E-state index contributed by atoms with van der Waals surface area (Å²) in [5.74, 6) is -1.00. The summed E-state index contributed by atoms with van der Waals surface area (Å²) in [5.41, 5.74) is 1.53. The van der Waals surface area contributed by atoms with Gasteiger partial charge in [0.2, 0.25) is 10.0 Å². The predicted octanol–water partition coefficient (Wildman–Crippen LogP) is 1.82. The Labute approximate surface area is 143 Å². The molecular weight excluding hydrogens is 352 g/mol. The van der Waals surface area contributed by atoms with Crippen LogP contribution in [0.15, 0.2) is 36.7 Å². The summed E-state index contributed by atoms with van der Waals surface area (Å²) in [6.07, 6.45) is 3.03. The number of nitrogens with zero attached hydrogens (tertiary/aromatic N) is 3. The summed E-state index contributed by atoms with van der Waals surface area (Å²) in [7, 11) is -0.440. The number of halogens is 1. The molecule has 0 aliphatic heterocycles. The van der Waals surface area contributed by atoms with Crippen molar-refractivity contribution >= 4 is 38.4 Å². The minimum Gasteiger partial charge on any atom is -0.340 e. The molecule has 0 unspecified atom stereocenters. The van der Waals surface area contributed by atoms with Gasteiger partial charge in [0, 0.05) is 41.8 Å². The molecule has 0 saturated heterocycles. The summed E-state index contributed by atoms with van der Waals surface area (Å²) >= 11 is 5.94. The van der Waals surface area contributed by atoms with Gasteiger partial charge in [-0.15, -0.1) is 0 Å². The number of sulfonamides is 1. The lowest BCUT2D eigenvalue weighted by Gasteiger charge is -2.07. The third-order valence-electron chi connectivity index (χ3n) is 3.60. The van der Waals surface area contributed by atoms with E-state index in [9.17, 15) is 13.2 Å². The van der Waals surface area contributed by atoms with E-state index in [-0.39, 0.29) is 11.4 Å². The van der Waals surface area contributed by atoms with Crippen LogP contribution in [0.2, 0.25) is 5.02 Å². The maximum absolute atomic E-state index is 12.4. The fourth-order valence-corrected chi connectivity index (χ4v) is 3.76. The molecule has 1 amide bonds. The molecule has 24 heavy (non-hydrogen) atoms. The summed E-state index contributed by atoms with van der Waals surface area (Å²) in [5, 5.41) is 5.22. The Morgan fingerprint density at radius 2 is 2.04 bits per heavy atom. The maximum Gasteiger partial charge on any atom is 0.281 e. The largest absolute Gasteiger partial charge is 0.340 e. The first-order valence-electron chi connectivity index (χ1n) is 7.02. The minimum atomic E-state index is -3.82. The zero-order chi connectivity index (χ0) is 17.5. The van der Waals surface area contributed by atoms with Gasteiger partial charge in [-0.2, -0.15) is 5.10 Å². The van der Waals surface area contributed by atoms with Crippen molar-refractivity contribution in [3.05, 3.63) is 52.9 Å². The number of hydrogen-bond donors (Lipinski definition) is 1. The van der Waals surface area contributed by atoms with Gasteiger partial charge in [-0.3, -0.25) is 9.48 Å². The first kappa shape index (κ1) is 16.5. The van der Waals surface area contributed by atoms with Crippen LogP contribution >= 0.6 is 11.6 Å². The molecule has 1 aromatic carbocycles. The number of fused-ring (bicyclic) bond motifs is 1. The van der Waals surface area contributed by atoms with Crippen LogP contribution in [-0.2, 0) is 29.9 Å². The van der Waals surface area contributed by atoms with Crippen molar-refractivity contribution < 1.29 is 13.2 Å². The molecule has 0 saturated carbocycles. The van der Waals surface area contributed by atoms with E-state index in [1.54, 1.807) is 49.1 Å². The van der Waals surface area contributed by atoms with Crippen LogP contribution in [0.5, 0.6) is 0 Å². The fraction of sp³-hybridized carbons (Fsp3) is 0.200. The van der Waals surface area contributed by atoms with Crippen molar-refractivity contribution in [2.75, 3.05) is 0 Å². The Balaban J connectivity index is 1.85. The average molecular weight is 367 g/mol. The number of aryl methyl sites for hydroxylation is 2. The second-order valence-corrected chi connectivity index (χ2v) is 7.66. The van der Waals surface area contributed by atoms with Crippen LogP contribution in [0, 0.1) is 0 Å². The smallest absolute Gasteiger partial charge is 0.281 e. The number of benzene rings is 1. The minimum absolute atomic E-state index is 0.238. The van der Waals surface area contributed by atoms with Gasteiger partial charge in [0.25, 0.3) is 5.91 Å². The number of carbonyl (C=O) groups is 1. The SMILES string of the molecule is Cn1cc(CS(=O)(=O)NC(=O)c2cc3cc(Cl)ccc3n2C)cn1. The number of aromatic nitrogens is 3. The molecule has 0 radical (unpaired) electrons. The van der Waals surface area contributed by atoms with Crippen LogP contribution in [0.1, 0.15) is 16.1 Å². The van der Waals surface area contributed by atoms with Crippen molar-refractivity contribution in [3.8, 4) is 0 Å². The topological polar surface area (TPSA) is 86.0 Å². The first-order valence-corrected chi connectivity index (χ1v) is 9.05. The molecule has 0 fully saturated rings. The van der Waals surface area contributed by atoms with Gasteiger partial charge < -0.3 is 4.57 Å². The summed E-state index contributed by atoms with van der Waals surface area (Å²) in [6.45, 7) is 0. The maximum atomic E-state index is 12.4. The molecule has 9 heteroatoms. The molecule has 1 N–H and O–H groups in total. The molecule has 0 bridgehead atoms. The van der Waals surface area contributed by atoms with E-state index in [0.29, 0.717) is 10.6 Å². The highest BCUT2D eigenvalue weighted by molar-refractivity contribution is 7.89. The fourth-order valence-electron chi connectivity index (χ4n) is 2.53. The number of amides is 1. The van der Waals surface area contributed by atoms with Crippen LogP contribution in [0.4, 0.5) is 0 Å². The summed E-state index contributed by atoms with van der Waals surface area (Å²) in [4.78, 5) is 12.4. The Hall–Kier alpha value is -2.32. The van der Waals surface area contributed by atoms with Crippen molar-refractivity contribution in [1.29, 1.82) is 0 Å². The second kappa shape index (κ2) is 5.95. The van der Waals surface area contributed by atoms with Crippen molar-refractivity contribution in [1.82, 2.24) is 19.1 Å². The molecule has 2 heterocycles. The van der Waals surface area contributed by atoms with Crippen molar-refractivity contribution in [3.63, 3.8) is 0 Å². The van der Waals surface area contributed by atoms with E-state index in [4.69, 9.17) is 11.6 Å². The highest BCUT2D eigenvalue weighted by atomic mass is 35.5. The third kappa shape index (κ3) is 3.29. The van der Waals surface area contributed by atoms with Crippen LogP contribution in [-0.4, -0.2) is 28.7 Å². The molecule has 7 nitrogen and oxygen atoms in total. The Morgan fingerprint density at radius 3 is 2.71 bits per heavy atom. The van der Waals surface area contributed by atoms with Gasteiger partial charge in [-0.05, 0) is 24.3 Å². The zero-order valence-electron chi connectivity index (χ0n) is 13.0. The van der Waals surface area contributed by atoms with Gasteiger partial charge in [0.15, 0.2) is 0 Å². The van der Waals surface area contributed by atoms with E-state index in [1.165, 1.54) is 10.9 Å². The van der Waals surface area contributed by atoms with Crippen LogP contribution in [0.25, 0.3) is 10.9 Å². The molecule has 3 aromatic rings. The number of carbonyl (C=O) groups excluding carboxylic acids is 1. The Bertz CT molecular complexity index is 1040. The van der Waals surface area contributed by atoms with Crippen LogP contribution in [0.3, 0.4) is 0 Å². The molecule has 3 rings (SSSR count). The molecule has 126 valence electrons. The normalized spacial score (nSPS) is 11.8. The lowest BCUT2D eigenvalue weighted by Crippen LogP contribution is -2.32. The molecule has 0 atom stereocenters. The lowest BCUT2D eigenvalue weighted by molar-refractivity contribution is 0.0974. The van der Waals surface area contributed by atoms with Gasteiger partial charge >= 0.3 is 0 Å².